The van der Waals surface area contributed by atoms with Gasteiger partial charge in [-0.05, 0) is 6.42 Å². The Kier molecular flexibility index (Phi) is 4.86. The summed E-state index contributed by atoms with van der Waals surface area (Å²) in [5.41, 5.74) is 6.68. The zero-order valence-electron chi connectivity index (χ0n) is 11.9. The van der Waals surface area contributed by atoms with Crippen LogP contribution in [0.25, 0.3) is 0 Å². The van der Waals surface area contributed by atoms with Gasteiger partial charge in [-0.1, -0.05) is 6.92 Å². The van der Waals surface area contributed by atoms with Gasteiger partial charge in [0.05, 0.1) is 11.4 Å². The summed E-state index contributed by atoms with van der Waals surface area (Å²) in [6.07, 6.45) is 1.12. The zero-order chi connectivity index (χ0) is 15.2. The van der Waals surface area contributed by atoms with Crippen molar-refractivity contribution >= 4 is 23.2 Å². The largest absolute Gasteiger partial charge is 0.454 e. The lowest BCUT2D eigenvalue weighted by Crippen LogP contribution is -2.25. The fourth-order valence-corrected chi connectivity index (χ4v) is 1.86. The molecule has 0 unspecified atom stereocenters. The van der Waals surface area contributed by atoms with E-state index in [0.717, 1.165) is 6.42 Å². The Bertz CT molecular complexity index is 545. The Balaban J connectivity index is 1.87. The van der Waals surface area contributed by atoms with E-state index in [1.54, 1.807) is 12.1 Å². The Morgan fingerprint density at radius 1 is 1.19 bits per heavy atom. The van der Waals surface area contributed by atoms with Crippen molar-refractivity contribution in [2.24, 2.45) is 0 Å². The van der Waals surface area contributed by atoms with Crippen LogP contribution in [-0.2, 0) is 9.59 Å². The summed E-state index contributed by atoms with van der Waals surface area (Å²) >= 11 is 0. The lowest BCUT2D eigenvalue weighted by atomic mass is 10.2. The highest BCUT2D eigenvalue weighted by atomic mass is 16.7. The minimum atomic E-state index is -0.271. The molecule has 0 bridgehead atoms. The highest BCUT2D eigenvalue weighted by Gasteiger charge is 2.17. The number of ether oxygens (including phenoxy) is 2. The number of fused-ring (bicyclic) bond motifs is 1. The molecule has 0 aromatic heterocycles. The lowest BCUT2D eigenvalue weighted by molar-refractivity contribution is -0.124. The van der Waals surface area contributed by atoms with Gasteiger partial charge in [0.1, 0.15) is 0 Å². The maximum atomic E-state index is 11.8. The van der Waals surface area contributed by atoms with Gasteiger partial charge >= 0.3 is 0 Å². The second kappa shape index (κ2) is 6.83. The Morgan fingerprint density at radius 3 is 2.57 bits per heavy atom. The van der Waals surface area contributed by atoms with E-state index >= 15 is 0 Å². The summed E-state index contributed by atoms with van der Waals surface area (Å²) < 4.78 is 10.4. The van der Waals surface area contributed by atoms with Crippen LogP contribution >= 0.6 is 0 Å². The molecule has 7 nitrogen and oxygen atoms in total. The average Bonchev–Trinajstić information content (AvgIpc) is 2.90. The van der Waals surface area contributed by atoms with Gasteiger partial charge in [-0.15, -0.1) is 0 Å². The van der Waals surface area contributed by atoms with Crippen molar-refractivity contribution in [2.75, 3.05) is 24.4 Å². The third kappa shape index (κ3) is 4.01. The van der Waals surface area contributed by atoms with E-state index in [4.69, 9.17) is 15.2 Å². The van der Waals surface area contributed by atoms with Crippen LogP contribution in [0.2, 0.25) is 0 Å². The SMILES string of the molecule is CCCNC(=O)CCC(=O)Nc1cc2c(cc1N)OCO2. The topological polar surface area (TPSA) is 103 Å². The van der Waals surface area contributed by atoms with E-state index < -0.39 is 0 Å². The quantitative estimate of drug-likeness (QED) is 0.685. The zero-order valence-corrected chi connectivity index (χ0v) is 11.9. The van der Waals surface area contributed by atoms with Crippen LogP contribution in [0.3, 0.4) is 0 Å². The number of carbonyl (C=O) groups excluding carboxylic acids is 2. The third-order valence-electron chi connectivity index (χ3n) is 2.97. The van der Waals surface area contributed by atoms with Crippen LogP contribution in [0.1, 0.15) is 26.2 Å². The van der Waals surface area contributed by atoms with Crippen LogP contribution in [0.5, 0.6) is 11.5 Å². The van der Waals surface area contributed by atoms with Gasteiger partial charge in [0, 0.05) is 31.5 Å². The summed E-state index contributed by atoms with van der Waals surface area (Å²) in [4.78, 5) is 23.3. The molecule has 4 N–H and O–H groups in total. The summed E-state index contributed by atoms with van der Waals surface area (Å²) in [5.74, 6) is 0.697. The molecule has 0 atom stereocenters. The molecule has 0 fully saturated rings. The van der Waals surface area contributed by atoms with Crippen molar-refractivity contribution < 1.29 is 19.1 Å². The molecule has 0 aliphatic carbocycles. The molecule has 0 saturated heterocycles. The van der Waals surface area contributed by atoms with E-state index in [1.165, 1.54) is 0 Å². The monoisotopic (exact) mass is 293 g/mol. The smallest absolute Gasteiger partial charge is 0.231 e. The molecular formula is C14H19N3O4. The molecule has 114 valence electrons. The van der Waals surface area contributed by atoms with E-state index in [-0.39, 0.29) is 31.4 Å². The Labute approximate surface area is 122 Å². The number of nitrogens with one attached hydrogen (secondary N) is 2. The Morgan fingerprint density at radius 2 is 1.86 bits per heavy atom. The normalized spacial score (nSPS) is 12.0. The first kappa shape index (κ1) is 15.0. The summed E-state index contributed by atoms with van der Waals surface area (Å²) in [5, 5.41) is 5.39. The first-order chi connectivity index (χ1) is 10.1. The van der Waals surface area contributed by atoms with Gasteiger partial charge in [0.2, 0.25) is 18.6 Å². The van der Waals surface area contributed by atoms with Gasteiger partial charge in [-0.25, -0.2) is 0 Å². The number of benzene rings is 1. The number of hydrogen-bond acceptors (Lipinski definition) is 5. The number of nitrogens with two attached hydrogens (primary N) is 1. The van der Waals surface area contributed by atoms with Gasteiger partial charge in [0.15, 0.2) is 11.5 Å². The maximum absolute atomic E-state index is 11.8. The number of rotatable bonds is 6. The molecule has 1 aliphatic heterocycles. The number of carbonyl (C=O) groups is 2. The molecule has 2 rings (SSSR count). The van der Waals surface area contributed by atoms with Crippen molar-refractivity contribution in [1.29, 1.82) is 0 Å². The molecule has 1 heterocycles. The van der Waals surface area contributed by atoms with E-state index in [1.807, 2.05) is 6.92 Å². The highest BCUT2D eigenvalue weighted by molar-refractivity contribution is 5.96. The molecule has 0 radical (unpaired) electrons. The Hall–Kier alpha value is -2.44. The number of anilines is 2. The summed E-state index contributed by atoms with van der Waals surface area (Å²) in [7, 11) is 0. The number of hydrogen-bond donors (Lipinski definition) is 3. The average molecular weight is 293 g/mol. The van der Waals surface area contributed by atoms with Crippen molar-refractivity contribution in [3.8, 4) is 11.5 Å². The van der Waals surface area contributed by atoms with Gasteiger partial charge in [-0.3, -0.25) is 9.59 Å². The van der Waals surface area contributed by atoms with Crippen molar-refractivity contribution in [1.82, 2.24) is 5.32 Å². The van der Waals surface area contributed by atoms with Crippen LogP contribution in [0.15, 0.2) is 12.1 Å². The van der Waals surface area contributed by atoms with Crippen LogP contribution in [0.4, 0.5) is 11.4 Å². The lowest BCUT2D eigenvalue weighted by Gasteiger charge is -2.09. The van der Waals surface area contributed by atoms with E-state index in [0.29, 0.717) is 29.4 Å². The molecule has 1 aromatic rings. The second-order valence-corrected chi connectivity index (χ2v) is 4.69. The summed E-state index contributed by atoms with van der Waals surface area (Å²) in [6.45, 7) is 2.73. The minimum absolute atomic E-state index is 0.101. The van der Waals surface area contributed by atoms with E-state index in [9.17, 15) is 9.59 Å². The minimum Gasteiger partial charge on any atom is -0.454 e. The molecule has 1 aromatic carbocycles. The molecular weight excluding hydrogens is 274 g/mol. The predicted octanol–water partition coefficient (Wildman–Crippen LogP) is 1.24. The fourth-order valence-electron chi connectivity index (χ4n) is 1.86. The summed E-state index contributed by atoms with van der Waals surface area (Å²) in [6, 6.07) is 3.22. The molecule has 7 heteroatoms. The van der Waals surface area contributed by atoms with Crippen LogP contribution in [0, 0.1) is 0 Å². The van der Waals surface area contributed by atoms with Crippen molar-refractivity contribution in [3.63, 3.8) is 0 Å². The van der Waals surface area contributed by atoms with E-state index in [2.05, 4.69) is 10.6 Å². The number of amides is 2. The highest BCUT2D eigenvalue weighted by Crippen LogP contribution is 2.38. The van der Waals surface area contributed by atoms with Crippen molar-refractivity contribution in [3.05, 3.63) is 12.1 Å². The van der Waals surface area contributed by atoms with Gasteiger partial charge in [0.25, 0.3) is 0 Å². The molecule has 21 heavy (non-hydrogen) atoms. The predicted molar refractivity (Wildman–Crippen MR) is 78.1 cm³/mol. The fraction of sp³-hybridized carbons (Fsp3) is 0.429. The van der Waals surface area contributed by atoms with Crippen LogP contribution in [-0.4, -0.2) is 25.2 Å². The molecule has 2 amide bonds. The van der Waals surface area contributed by atoms with Gasteiger partial charge in [-0.2, -0.15) is 0 Å². The second-order valence-electron chi connectivity index (χ2n) is 4.69. The molecule has 0 saturated carbocycles. The molecule has 1 aliphatic rings. The standard InChI is InChI=1S/C14H19N3O4/c1-2-5-16-13(18)3-4-14(19)17-10-7-12-11(6-9(10)15)20-8-21-12/h6-7H,2-5,8,15H2,1H3,(H,16,18)(H,17,19). The van der Waals surface area contributed by atoms with Crippen LogP contribution < -0.4 is 25.8 Å². The van der Waals surface area contributed by atoms with Crippen molar-refractivity contribution in [2.45, 2.75) is 26.2 Å². The molecule has 0 spiro atoms. The third-order valence-corrected chi connectivity index (χ3v) is 2.97. The maximum Gasteiger partial charge on any atom is 0.231 e. The first-order valence-electron chi connectivity index (χ1n) is 6.85. The first-order valence-corrected chi connectivity index (χ1v) is 6.85. The number of nitrogen functional groups attached to an aromatic ring is 1. The van der Waals surface area contributed by atoms with Gasteiger partial charge < -0.3 is 25.8 Å².